The average molecular weight is 282 g/mol. The zero-order valence-corrected chi connectivity index (χ0v) is 11.8. The maximum Gasteiger partial charge on any atom is 0.243 e. The molecule has 3 rings (SSSR count). The number of carbonyl (C=O) groups is 1. The summed E-state index contributed by atoms with van der Waals surface area (Å²) in [5.41, 5.74) is 1.81. The molecule has 1 aliphatic heterocycles. The molecule has 1 heterocycles. The topological polar surface area (TPSA) is 41.6 Å². The number of benzene rings is 2. The second kappa shape index (κ2) is 6.31. The highest BCUT2D eigenvalue weighted by Gasteiger charge is 2.18. The second-order valence-corrected chi connectivity index (χ2v) is 5.01. The molecule has 4 heteroatoms. The van der Waals surface area contributed by atoms with Crippen molar-refractivity contribution in [1.29, 1.82) is 0 Å². The molecule has 0 aromatic heterocycles. The molecule has 0 bridgehead atoms. The van der Waals surface area contributed by atoms with Gasteiger partial charge in [-0.25, -0.2) is 0 Å². The Bertz CT molecular complexity index is 613. The highest BCUT2D eigenvalue weighted by molar-refractivity contribution is 5.94. The van der Waals surface area contributed by atoms with Crippen molar-refractivity contribution in [3.63, 3.8) is 0 Å². The van der Waals surface area contributed by atoms with Gasteiger partial charge < -0.3 is 15.0 Å². The normalized spacial score (nSPS) is 13.8. The van der Waals surface area contributed by atoms with Crippen LogP contribution >= 0.6 is 0 Å². The van der Waals surface area contributed by atoms with E-state index < -0.39 is 0 Å². The van der Waals surface area contributed by atoms with Gasteiger partial charge in [-0.15, -0.1) is 0 Å². The largest absolute Gasteiger partial charge is 0.491 e. The number of hydrogen-bond donors (Lipinski definition) is 1. The molecule has 1 aliphatic rings. The van der Waals surface area contributed by atoms with Crippen molar-refractivity contribution in [2.24, 2.45) is 0 Å². The quantitative estimate of drug-likeness (QED) is 0.941. The molecule has 0 atom stereocenters. The maximum atomic E-state index is 12.2. The molecular weight excluding hydrogens is 264 g/mol. The van der Waals surface area contributed by atoms with Crippen molar-refractivity contribution in [3.05, 3.63) is 54.6 Å². The van der Waals surface area contributed by atoms with Crippen LogP contribution < -0.4 is 15.0 Å². The number of rotatable bonds is 3. The van der Waals surface area contributed by atoms with Gasteiger partial charge in [-0.2, -0.15) is 0 Å². The molecule has 0 spiro atoms. The third kappa shape index (κ3) is 3.34. The lowest BCUT2D eigenvalue weighted by atomic mass is 10.2. The molecule has 2 aromatic rings. The van der Waals surface area contributed by atoms with Crippen LogP contribution in [0.25, 0.3) is 0 Å². The fourth-order valence-corrected chi connectivity index (χ4v) is 2.46. The zero-order chi connectivity index (χ0) is 14.5. The minimum atomic E-state index is -0.0158. The molecule has 0 radical (unpaired) electrons. The van der Waals surface area contributed by atoms with Gasteiger partial charge in [-0.3, -0.25) is 4.79 Å². The van der Waals surface area contributed by atoms with Crippen LogP contribution in [-0.4, -0.2) is 25.6 Å². The van der Waals surface area contributed by atoms with Crippen LogP contribution in [0.1, 0.15) is 6.42 Å². The smallest absolute Gasteiger partial charge is 0.243 e. The molecule has 4 nitrogen and oxygen atoms in total. The van der Waals surface area contributed by atoms with E-state index in [1.54, 1.807) is 0 Å². The van der Waals surface area contributed by atoms with Gasteiger partial charge in [0.1, 0.15) is 5.75 Å². The Morgan fingerprint density at radius 2 is 1.86 bits per heavy atom. The van der Waals surface area contributed by atoms with E-state index in [2.05, 4.69) is 10.2 Å². The molecule has 1 amide bonds. The van der Waals surface area contributed by atoms with Crippen LogP contribution in [0.3, 0.4) is 0 Å². The second-order valence-electron chi connectivity index (χ2n) is 5.01. The number of anilines is 2. The van der Waals surface area contributed by atoms with Gasteiger partial charge in [0.2, 0.25) is 5.91 Å². The van der Waals surface area contributed by atoms with E-state index in [1.807, 2.05) is 54.6 Å². The number of fused-ring (bicyclic) bond motifs is 1. The zero-order valence-electron chi connectivity index (χ0n) is 11.8. The van der Waals surface area contributed by atoms with Gasteiger partial charge in [0, 0.05) is 12.2 Å². The van der Waals surface area contributed by atoms with Crippen molar-refractivity contribution < 1.29 is 9.53 Å². The monoisotopic (exact) mass is 282 g/mol. The Morgan fingerprint density at radius 3 is 2.71 bits per heavy atom. The first kappa shape index (κ1) is 13.5. The Balaban J connectivity index is 1.71. The third-order valence-electron chi connectivity index (χ3n) is 3.43. The number of nitrogens with zero attached hydrogens (tertiary/aromatic N) is 1. The summed E-state index contributed by atoms with van der Waals surface area (Å²) in [7, 11) is 0. The summed E-state index contributed by atoms with van der Waals surface area (Å²) in [5.74, 6) is 0.834. The van der Waals surface area contributed by atoms with Gasteiger partial charge in [-0.1, -0.05) is 30.3 Å². The number of amides is 1. The molecule has 0 saturated heterocycles. The first-order valence-electron chi connectivity index (χ1n) is 7.14. The number of hydrogen-bond acceptors (Lipinski definition) is 3. The van der Waals surface area contributed by atoms with Crippen LogP contribution in [0.4, 0.5) is 11.4 Å². The van der Waals surface area contributed by atoms with E-state index in [-0.39, 0.29) is 5.91 Å². The van der Waals surface area contributed by atoms with E-state index in [9.17, 15) is 4.79 Å². The number of nitrogens with one attached hydrogen (secondary N) is 1. The van der Waals surface area contributed by atoms with Gasteiger partial charge in [0.15, 0.2) is 0 Å². The predicted molar refractivity (Wildman–Crippen MR) is 83.8 cm³/mol. The van der Waals surface area contributed by atoms with E-state index in [4.69, 9.17) is 4.74 Å². The first-order chi connectivity index (χ1) is 10.3. The van der Waals surface area contributed by atoms with E-state index in [0.29, 0.717) is 13.2 Å². The Hall–Kier alpha value is -2.49. The highest BCUT2D eigenvalue weighted by atomic mass is 16.5. The summed E-state index contributed by atoms with van der Waals surface area (Å²) >= 11 is 0. The van der Waals surface area contributed by atoms with Crippen LogP contribution in [0.5, 0.6) is 5.75 Å². The van der Waals surface area contributed by atoms with Crippen LogP contribution in [0.2, 0.25) is 0 Å². The maximum absolute atomic E-state index is 12.2. The Kier molecular flexibility index (Phi) is 4.05. The summed E-state index contributed by atoms with van der Waals surface area (Å²) in [4.78, 5) is 14.3. The third-order valence-corrected chi connectivity index (χ3v) is 3.43. The lowest BCUT2D eigenvalue weighted by molar-refractivity contribution is -0.115. The minimum absolute atomic E-state index is 0.0158. The number of para-hydroxylation sites is 3. The summed E-state index contributed by atoms with van der Waals surface area (Å²) in [5, 5.41) is 2.92. The molecule has 0 unspecified atom stereocenters. The van der Waals surface area contributed by atoms with Crippen LogP contribution in [0, 0.1) is 0 Å². The summed E-state index contributed by atoms with van der Waals surface area (Å²) in [6.45, 7) is 1.84. The summed E-state index contributed by atoms with van der Waals surface area (Å²) in [6.07, 6.45) is 0.910. The Morgan fingerprint density at radius 1 is 1.10 bits per heavy atom. The summed E-state index contributed by atoms with van der Waals surface area (Å²) < 4.78 is 5.71. The Labute approximate surface area is 124 Å². The van der Waals surface area contributed by atoms with Gasteiger partial charge in [0.05, 0.1) is 18.8 Å². The van der Waals surface area contributed by atoms with Crippen molar-refractivity contribution in [2.75, 3.05) is 29.9 Å². The predicted octanol–water partition coefficient (Wildman–Crippen LogP) is 2.91. The minimum Gasteiger partial charge on any atom is -0.491 e. The highest BCUT2D eigenvalue weighted by Crippen LogP contribution is 2.30. The summed E-state index contributed by atoms with van der Waals surface area (Å²) in [6, 6.07) is 17.4. The van der Waals surface area contributed by atoms with Gasteiger partial charge >= 0.3 is 0 Å². The fourth-order valence-electron chi connectivity index (χ4n) is 2.46. The van der Waals surface area contributed by atoms with Crippen molar-refractivity contribution >= 4 is 17.3 Å². The molecule has 2 aromatic carbocycles. The fraction of sp³-hybridized carbons (Fsp3) is 0.235. The van der Waals surface area contributed by atoms with E-state index in [0.717, 1.165) is 30.1 Å². The average Bonchev–Trinajstić information content (AvgIpc) is 2.71. The van der Waals surface area contributed by atoms with E-state index in [1.165, 1.54) is 0 Å². The lowest BCUT2D eigenvalue weighted by Crippen LogP contribution is -2.33. The molecular formula is C17H18N2O2. The first-order valence-corrected chi connectivity index (χ1v) is 7.14. The molecule has 0 aliphatic carbocycles. The molecule has 21 heavy (non-hydrogen) atoms. The molecule has 108 valence electrons. The number of ether oxygens (including phenoxy) is 1. The van der Waals surface area contributed by atoms with Crippen molar-refractivity contribution in [3.8, 4) is 5.75 Å². The molecule has 1 N–H and O–H groups in total. The van der Waals surface area contributed by atoms with Crippen molar-refractivity contribution in [1.82, 2.24) is 0 Å². The van der Waals surface area contributed by atoms with Gasteiger partial charge in [-0.05, 0) is 30.7 Å². The standard InChI is InChI=1S/C17H18N2O2/c20-17(18-14-7-2-1-3-8-14)13-19-11-6-12-21-16-10-5-4-9-15(16)19/h1-5,7-10H,6,11-13H2,(H,18,20). The van der Waals surface area contributed by atoms with Crippen LogP contribution in [-0.2, 0) is 4.79 Å². The molecule has 0 fully saturated rings. The number of carbonyl (C=O) groups excluding carboxylic acids is 1. The lowest BCUT2D eigenvalue weighted by Gasteiger charge is -2.23. The van der Waals surface area contributed by atoms with Gasteiger partial charge in [0.25, 0.3) is 0 Å². The van der Waals surface area contributed by atoms with Crippen molar-refractivity contribution in [2.45, 2.75) is 6.42 Å². The van der Waals surface area contributed by atoms with E-state index >= 15 is 0 Å². The molecule has 0 saturated carbocycles. The SMILES string of the molecule is O=C(CN1CCCOc2ccccc21)Nc1ccccc1. The van der Waals surface area contributed by atoms with Crippen LogP contribution in [0.15, 0.2) is 54.6 Å².